The third-order valence-corrected chi connectivity index (χ3v) is 10.7. The number of benzene rings is 2. The summed E-state index contributed by atoms with van der Waals surface area (Å²) in [6, 6.07) is 9.51. The number of fused-ring (bicyclic) bond motifs is 1. The molecule has 1 aromatic heterocycles. The second-order valence-corrected chi connectivity index (χ2v) is 15.5. The second kappa shape index (κ2) is 13.9. The number of nitrogens with zero attached hydrogens (tertiary/aromatic N) is 4. The van der Waals surface area contributed by atoms with Crippen LogP contribution in [0.25, 0.3) is 16.7 Å². The van der Waals surface area contributed by atoms with Gasteiger partial charge in [0.15, 0.2) is 5.78 Å². The van der Waals surface area contributed by atoms with Gasteiger partial charge in [-0.3, -0.25) is 9.78 Å². The van der Waals surface area contributed by atoms with Crippen LogP contribution in [0.3, 0.4) is 0 Å². The van der Waals surface area contributed by atoms with Crippen LogP contribution in [0.4, 0.5) is 19.3 Å². The third kappa shape index (κ3) is 7.55. The van der Waals surface area contributed by atoms with Gasteiger partial charge in [-0.05, 0) is 62.6 Å². The number of pyridine rings is 1. The number of allylic oxidation sites excluding steroid dienone is 2. The number of sulfonamides is 1. The van der Waals surface area contributed by atoms with E-state index in [1.54, 1.807) is 36.2 Å². The Kier molecular flexibility index (Phi) is 10.3. The van der Waals surface area contributed by atoms with Crippen molar-refractivity contribution >= 4 is 44.8 Å². The fourth-order valence-corrected chi connectivity index (χ4v) is 7.18. The number of ketones is 1. The number of carbonyl (C=O) groups is 2. The van der Waals surface area contributed by atoms with Gasteiger partial charge in [-0.2, -0.15) is 0 Å². The molecular formula is C35H39ClF2N4O5S. The van der Waals surface area contributed by atoms with Gasteiger partial charge in [0.2, 0.25) is 10.0 Å². The summed E-state index contributed by atoms with van der Waals surface area (Å²) in [5.41, 5.74) is 2.05. The van der Waals surface area contributed by atoms with E-state index in [2.05, 4.69) is 9.88 Å². The van der Waals surface area contributed by atoms with Crippen LogP contribution in [-0.4, -0.2) is 85.6 Å². The van der Waals surface area contributed by atoms with E-state index in [0.717, 1.165) is 21.6 Å². The van der Waals surface area contributed by atoms with Crippen LogP contribution in [-0.2, 0) is 27.6 Å². The fraction of sp³-hybridized carbons (Fsp3) is 0.400. The Morgan fingerprint density at radius 1 is 1.04 bits per heavy atom. The molecule has 0 spiro atoms. The highest BCUT2D eigenvalue weighted by Gasteiger charge is 2.30. The number of ether oxygens (including phenoxy) is 1. The van der Waals surface area contributed by atoms with Gasteiger partial charge < -0.3 is 14.5 Å². The van der Waals surface area contributed by atoms with Gasteiger partial charge in [0.05, 0.1) is 27.7 Å². The Morgan fingerprint density at radius 2 is 1.75 bits per heavy atom. The minimum atomic E-state index is -3.64. The van der Waals surface area contributed by atoms with E-state index in [0.29, 0.717) is 54.4 Å². The van der Waals surface area contributed by atoms with Gasteiger partial charge in [-0.25, -0.2) is 26.3 Å². The molecule has 9 nitrogen and oxygen atoms in total. The molecule has 0 bridgehead atoms. The summed E-state index contributed by atoms with van der Waals surface area (Å²) in [7, 11) is -2.21. The first kappa shape index (κ1) is 35.4. The molecule has 13 heteroatoms. The summed E-state index contributed by atoms with van der Waals surface area (Å²) in [5.74, 6) is -3.31. The van der Waals surface area contributed by atoms with Crippen LogP contribution in [0.5, 0.6) is 0 Å². The van der Waals surface area contributed by atoms with E-state index in [-0.39, 0.29) is 35.9 Å². The van der Waals surface area contributed by atoms with Gasteiger partial charge in [-0.1, -0.05) is 36.7 Å². The molecule has 2 heterocycles. The number of rotatable bonds is 9. The van der Waals surface area contributed by atoms with Crippen LogP contribution < -0.4 is 4.90 Å². The zero-order chi connectivity index (χ0) is 35.0. The number of Topliss-reactive ketones (excluding diaryl/α,β-unsaturated/α-hetero) is 1. The summed E-state index contributed by atoms with van der Waals surface area (Å²) in [6.07, 6.45) is 3.03. The Balaban J connectivity index is 1.33. The molecule has 3 aromatic rings. The van der Waals surface area contributed by atoms with Crippen LogP contribution in [0, 0.1) is 11.6 Å². The topological polar surface area (TPSA) is 100 Å². The highest BCUT2D eigenvalue weighted by atomic mass is 35.5. The summed E-state index contributed by atoms with van der Waals surface area (Å²) in [4.78, 5) is 34.4. The van der Waals surface area contributed by atoms with Crippen molar-refractivity contribution in [1.29, 1.82) is 0 Å². The molecule has 1 aliphatic carbocycles. The number of hydrogen-bond acceptors (Lipinski definition) is 7. The van der Waals surface area contributed by atoms with Crippen molar-refractivity contribution in [2.45, 2.75) is 46.1 Å². The van der Waals surface area contributed by atoms with E-state index in [9.17, 15) is 22.4 Å². The van der Waals surface area contributed by atoms with Gasteiger partial charge in [0.25, 0.3) is 0 Å². The SMILES string of the molecule is CCN(C)S(=O)(=O)CCc1ccc(F)c(C(=O)C2=CCc3ncc(-c4ccc(N5CCN(C(=O)OC(C)(C)C)CC5)c(Cl)c4)cc32)c1F. The maximum absolute atomic E-state index is 15.6. The van der Waals surface area contributed by atoms with Crippen molar-refractivity contribution in [1.82, 2.24) is 14.2 Å². The van der Waals surface area contributed by atoms with Crippen molar-refractivity contribution in [3.8, 4) is 11.1 Å². The van der Waals surface area contributed by atoms with E-state index < -0.39 is 38.6 Å². The Bertz CT molecular complexity index is 1890. The van der Waals surface area contributed by atoms with E-state index in [1.807, 2.05) is 32.9 Å². The summed E-state index contributed by atoms with van der Waals surface area (Å²) in [5, 5.41) is 0.499. The van der Waals surface area contributed by atoms with E-state index in [1.165, 1.54) is 13.1 Å². The number of anilines is 1. The lowest BCUT2D eigenvalue weighted by Gasteiger charge is -2.37. The predicted molar refractivity (Wildman–Crippen MR) is 183 cm³/mol. The van der Waals surface area contributed by atoms with Gasteiger partial charge in [-0.15, -0.1) is 0 Å². The molecule has 0 unspecified atom stereocenters. The van der Waals surface area contributed by atoms with Crippen molar-refractivity contribution in [3.05, 3.63) is 87.7 Å². The number of carbonyl (C=O) groups excluding carboxylic acids is 2. The average molecular weight is 701 g/mol. The molecule has 48 heavy (non-hydrogen) atoms. The Hall–Kier alpha value is -3.87. The van der Waals surface area contributed by atoms with Crippen molar-refractivity contribution in [2.75, 3.05) is 50.4 Å². The van der Waals surface area contributed by atoms with Crippen molar-refractivity contribution in [2.24, 2.45) is 0 Å². The summed E-state index contributed by atoms with van der Waals surface area (Å²) < 4.78 is 62.1. The lowest BCUT2D eigenvalue weighted by atomic mass is 9.94. The van der Waals surface area contributed by atoms with Crippen LogP contribution in [0.1, 0.15) is 54.9 Å². The zero-order valence-corrected chi connectivity index (χ0v) is 29.2. The zero-order valence-electron chi connectivity index (χ0n) is 27.6. The highest BCUT2D eigenvalue weighted by Crippen LogP contribution is 2.36. The molecule has 1 saturated heterocycles. The molecule has 0 radical (unpaired) electrons. The predicted octanol–water partition coefficient (Wildman–Crippen LogP) is 6.38. The molecule has 1 amide bonds. The number of aryl methyl sites for hydroxylation is 1. The molecule has 0 N–H and O–H groups in total. The smallest absolute Gasteiger partial charge is 0.410 e. The summed E-state index contributed by atoms with van der Waals surface area (Å²) in [6.45, 7) is 9.58. The van der Waals surface area contributed by atoms with Crippen LogP contribution in [0.2, 0.25) is 5.02 Å². The largest absolute Gasteiger partial charge is 0.444 e. The molecule has 1 fully saturated rings. The maximum Gasteiger partial charge on any atom is 0.410 e. The minimum Gasteiger partial charge on any atom is -0.444 e. The fourth-order valence-electron chi connectivity index (χ4n) is 5.69. The van der Waals surface area contributed by atoms with Crippen molar-refractivity contribution in [3.63, 3.8) is 0 Å². The number of amides is 1. The second-order valence-electron chi connectivity index (χ2n) is 12.9. The van der Waals surface area contributed by atoms with E-state index >= 15 is 4.39 Å². The number of aromatic nitrogens is 1. The third-order valence-electron chi connectivity index (χ3n) is 8.51. The van der Waals surface area contributed by atoms with Crippen LogP contribution in [0.15, 0.2) is 48.7 Å². The monoisotopic (exact) mass is 700 g/mol. The van der Waals surface area contributed by atoms with Gasteiger partial charge in [0.1, 0.15) is 17.2 Å². The molecule has 2 aromatic carbocycles. The molecular weight excluding hydrogens is 662 g/mol. The molecule has 5 rings (SSSR count). The molecule has 2 aliphatic rings. The van der Waals surface area contributed by atoms with Crippen LogP contribution >= 0.6 is 11.6 Å². The lowest BCUT2D eigenvalue weighted by molar-refractivity contribution is 0.0240. The number of halogens is 3. The molecule has 0 saturated carbocycles. The lowest BCUT2D eigenvalue weighted by Crippen LogP contribution is -2.50. The van der Waals surface area contributed by atoms with E-state index in [4.69, 9.17) is 16.3 Å². The first-order valence-electron chi connectivity index (χ1n) is 15.8. The average Bonchev–Trinajstić information content (AvgIpc) is 3.46. The molecule has 0 atom stereocenters. The standard InChI is InChI=1S/C35H39ClF2N4O5S/c1-6-40(5)48(45,46)18-13-22-7-10-28(37)31(32(22)38)33(43)25-9-11-29-26(25)19-24(21-39-29)23-8-12-30(27(36)20-23)41-14-16-42(17-15-41)34(44)47-35(2,3)4/h7-10,12,19-21H,6,11,13-18H2,1-5H3. The summed E-state index contributed by atoms with van der Waals surface area (Å²) >= 11 is 6.75. The Labute approximate surface area is 285 Å². The highest BCUT2D eigenvalue weighted by molar-refractivity contribution is 7.89. The van der Waals surface area contributed by atoms with Gasteiger partial charge in [0, 0.05) is 69.1 Å². The molecule has 256 valence electrons. The minimum absolute atomic E-state index is 0.0560. The maximum atomic E-state index is 15.6. The molecule has 1 aliphatic heterocycles. The Morgan fingerprint density at radius 3 is 2.40 bits per heavy atom. The van der Waals surface area contributed by atoms with Crippen molar-refractivity contribution < 1.29 is 31.5 Å². The quantitative estimate of drug-likeness (QED) is 0.239. The number of piperazine rings is 1. The first-order valence-corrected chi connectivity index (χ1v) is 17.8. The normalized spacial score (nSPS) is 15.1. The van der Waals surface area contributed by atoms with Gasteiger partial charge >= 0.3 is 6.09 Å². The first-order chi connectivity index (χ1) is 22.6. The number of hydrogen-bond donors (Lipinski definition) is 0.